The van der Waals surface area contributed by atoms with E-state index in [0.29, 0.717) is 17.0 Å². The molecule has 1 unspecified atom stereocenters. The highest BCUT2D eigenvalue weighted by Gasteiger charge is 2.27. The highest BCUT2D eigenvalue weighted by Crippen LogP contribution is 2.41. The van der Waals surface area contributed by atoms with Crippen LogP contribution in [-0.2, 0) is 16.1 Å². The monoisotopic (exact) mass is 616 g/mol. The van der Waals surface area contributed by atoms with Crippen molar-refractivity contribution in [3.8, 4) is 34.9 Å². The van der Waals surface area contributed by atoms with Crippen molar-refractivity contribution < 1.29 is 32.5 Å². The van der Waals surface area contributed by atoms with Gasteiger partial charge in [0.1, 0.15) is 18.5 Å². The number of nitrogens with zero attached hydrogens (tertiary/aromatic N) is 4. The number of ether oxygens (including phenoxy) is 4. The van der Waals surface area contributed by atoms with Crippen LogP contribution in [0.2, 0.25) is 0 Å². The van der Waals surface area contributed by atoms with Gasteiger partial charge in [-0.1, -0.05) is 30.3 Å². The molecule has 0 spiro atoms. The van der Waals surface area contributed by atoms with Crippen molar-refractivity contribution in [1.29, 1.82) is 5.26 Å². The molecule has 5 rings (SSSR count). The lowest BCUT2D eigenvalue weighted by atomic mass is 10.1. The van der Waals surface area contributed by atoms with Crippen molar-refractivity contribution in [3.63, 3.8) is 0 Å². The summed E-state index contributed by atoms with van der Waals surface area (Å²) in [4.78, 5) is 22.6. The third-order valence-electron chi connectivity index (χ3n) is 6.51. The molecule has 0 fully saturated rings. The maximum Gasteiger partial charge on any atom is 0.315 e. The average Bonchev–Trinajstić information content (AvgIpc) is 3.48. The number of aromatic nitrogens is 1. The van der Waals surface area contributed by atoms with Crippen LogP contribution in [0.5, 0.6) is 28.9 Å². The van der Waals surface area contributed by atoms with Gasteiger partial charge in [0.05, 0.1) is 30.7 Å². The number of aliphatic imine (C=N–C) groups is 1. The molecule has 0 saturated carbocycles. The Labute approximate surface area is 256 Å². The van der Waals surface area contributed by atoms with E-state index in [1.807, 2.05) is 48.3 Å². The fraction of sp³-hybridized carbons (Fsp3) is 0.188. The molecule has 0 radical (unpaired) electrons. The van der Waals surface area contributed by atoms with Gasteiger partial charge in [-0.05, 0) is 42.9 Å². The molecular weight excluding hydrogens is 590 g/mol. The van der Waals surface area contributed by atoms with Crippen LogP contribution in [0.1, 0.15) is 22.9 Å². The Bertz CT molecular complexity index is 1730. The zero-order chi connectivity index (χ0) is 31.1. The SMILES string of the molecule is COC(=O)CSc1ccc(Oc2c(F)cnc(Oc3cc(C#N)ccc3OCc3ccccc3)c2F)c(C2N=CCN2C)c1. The Hall–Kier alpha value is -4.99. The number of methoxy groups -OCH3 is 1. The molecule has 1 aliphatic heterocycles. The van der Waals surface area contributed by atoms with Crippen LogP contribution in [0.25, 0.3) is 0 Å². The molecule has 44 heavy (non-hydrogen) atoms. The van der Waals surface area contributed by atoms with Crippen molar-refractivity contribution in [2.24, 2.45) is 4.99 Å². The van der Waals surface area contributed by atoms with Gasteiger partial charge >= 0.3 is 5.97 Å². The largest absolute Gasteiger partial charge is 0.485 e. The third-order valence-corrected chi connectivity index (χ3v) is 7.47. The number of halogens is 2. The standard InChI is InChI=1S/C32H26F2N4O5S/c1-38-13-12-36-31(38)23-15-22(44-19-28(39)40-2)9-11-25(23)42-30-24(33)17-37-32(29(30)34)43-27-14-21(16-35)8-10-26(27)41-18-20-6-4-3-5-7-20/h3-12,14-15,17,31H,13,18-19H2,1-2H3. The van der Waals surface area contributed by atoms with Crippen LogP contribution < -0.4 is 14.2 Å². The predicted octanol–water partition coefficient (Wildman–Crippen LogP) is 6.67. The maximum absolute atomic E-state index is 15.8. The number of thioether (sulfide) groups is 1. The van der Waals surface area contributed by atoms with Crippen LogP contribution in [0.3, 0.4) is 0 Å². The van der Waals surface area contributed by atoms with Crippen LogP contribution >= 0.6 is 11.8 Å². The highest BCUT2D eigenvalue weighted by molar-refractivity contribution is 8.00. The Morgan fingerprint density at radius 2 is 1.86 bits per heavy atom. The van der Waals surface area contributed by atoms with Crippen molar-refractivity contribution >= 4 is 23.9 Å². The van der Waals surface area contributed by atoms with Gasteiger partial charge in [-0.15, -0.1) is 11.8 Å². The van der Waals surface area contributed by atoms with Gasteiger partial charge in [0.15, 0.2) is 17.3 Å². The first-order valence-corrected chi connectivity index (χ1v) is 14.3. The molecule has 1 aliphatic rings. The van der Waals surface area contributed by atoms with E-state index >= 15 is 8.78 Å². The molecule has 1 atom stereocenters. The normalized spacial score (nSPS) is 14.2. The Balaban J connectivity index is 1.45. The lowest BCUT2D eigenvalue weighted by Crippen LogP contribution is -2.19. The number of esters is 1. The van der Waals surface area contributed by atoms with E-state index in [-0.39, 0.29) is 35.2 Å². The van der Waals surface area contributed by atoms with E-state index in [4.69, 9.17) is 18.9 Å². The van der Waals surface area contributed by atoms with Gasteiger partial charge in [-0.25, -0.2) is 9.37 Å². The molecule has 0 bridgehead atoms. The van der Waals surface area contributed by atoms with E-state index < -0.39 is 35.4 Å². The average molecular weight is 617 g/mol. The zero-order valence-electron chi connectivity index (χ0n) is 23.7. The summed E-state index contributed by atoms with van der Waals surface area (Å²) in [7, 11) is 3.16. The van der Waals surface area contributed by atoms with E-state index in [0.717, 1.165) is 11.8 Å². The molecule has 12 heteroatoms. The zero-order valence-corrected chi connectivity index (χ0v) is 24.5. The van der Waals surface area contributed by atoms with Crippen molar-refractivity contribution in [2.75, 3.05) is 26.5 Å². The summed E-state index contributed by atoms with van der Waals surface area (Å²) in [6, 6.07) is 20.8. The fourth-order valence-electron chi connectivity index (χ4n) is 4.24. The maximum atomic E-state index is 15.8. The Kier molecular flexibility index (Phi) is 9.69. The van der Waals surface area contributed by atoms with Gasteiger partial charge in [0.25, 0.3) is 5.88 Å². The summed E-state index contributed by atoms with van der Waals surface area (Å²) in [5.41, 5.74) is 1.65. The summed E-state index contributed by atoms with van der Waals surface area (Å²) in [6.45, 7) is 0.752. The van der Waals surface area contributed by atoms with E-state index in [2.05, 4.69) is 9.98 Å². The molecule has 0 amide bonds. The Morgan fingerprint density at radius 3 is 2.59 bits per heavy atom. The number of hydrogen-bond acceptors (Lipinski definition) is 10. The van der Waals surface area contributed by atoms with Crippen LogP contribution in [0.15, 0.2) is 82.8 Å². The lowest BCUT2D eigenvalue weighted by Gasteiger charge is -2.22. The summed E-state index contributed by atoms with van der Waals surface area (Å²) < 4.78 is 53.0. The van der Waals surface area contributed by atoms with Crippen molar-refractivity contribution in [1.82, 2.24) is 9.88 Å². The lowest BCUT2D eigenvalue weighted by molar-refractivity contribution is -0.137. The topological polar surface area (TPSA) is 106 Å². The van der Waals surface area contributed by atoms with Gasteiger partial charge in [0, 0.05) is 29.3 Å². The molecule has 0 saturated heterocycles. The molecule has 3 aromatic carbocycles. The molecule has 0 aliphatic carbocycles. The van der Waals surface area contributed by atoms with Crippen LogP contribution in [-0.4, -0.2) is 48.5 Å². The first kappa shape index (κ1) is 30.5. The number of rotatable bonds is 11. The number of nitriles is 1. The summed E-state index contributed by atoms with van der Waals surface area (Å²) in [5.74, 6) is -3.49. The van der Waals surface area contributed by atoms with Crippen molar-refractivity contribution in [3.05, 3.63) is 101 Å². The van der Waals surface area contributed by atoms with E-state index in [9.17, 15) is 10.1 Å². The first-order chi connectivity index (χ1) is 21.4. The quantitative estimate of drug-likeness (QED) is 0.135. The third kappa shape index (κ3) is 7.14. The summed E-state index contributed by atoms with van der Waals surface area (Å²) >= 11 is 1.25. The van der Waals surface area contributed by atoms with E-state index in [1.54, 1.807) is 24.4 Å². The highest BCUT2D eigenvalue weighted by atomic mass is 32.2. The second kappa shape index (κ2) is 14.0. The van der Waals surface area contributed by atoms with E-state index in [1.165, 1.54) is 37.1 Å². The number of carbonyl (C=O) groups excluding carboxylic acids is 1. The van der Waals surface area contributed by atoms with Gasteiger partial charge in [-0.3, -0.25) is 14.7 Å². The predicted molar refractivity (Wildman–Crippen MR) is 159 cm³/mol. The minimum Gasteiger partial charge on any atom is -0.485 e. The number of benzene rings is 3. The first-order valence-electron chi connectivity index (χ1n) is 13.3. The Morgan fingerprint density at radius 1 is 1.07 bits per heavy atom. The molecule has 224 valence electrons. The second-order valence-electron chi connectivity index (χ2n) is 9.52. The molecule has 2 heterocycles. The number of pyridine rings is 1. The molecule has 1 aromatic heterocycles. The minimum absolute atomic E-state index is 0.0125. The molecule has 4 aromatic rings. The smallest absolute Gasteiger partial charge is 0.315 e. The molecular formula is C32H26F2N4O5S. The van der Waals surface area contributed by atoms with Gasteiger partial charge < -0.3 is 18.9 Å². The van der Waals surface area contributed by atoms with Crippen LogP contribution in [0, 0.1) is 23.0 Å². The fourth-order valence-corrected chi connectivity index (χ4v) is 5.02. The molecule has 0 N–H and O–H groups in total. The van der Waals surface area contributed by atoms with Crippen LogP contribution in [0.4, 0.5) is 8.78 Å². The van der Waals surface area contributed by atoms with Gasteiger partial charge in [-0.2, -0.15) is 9.65 Å². The number of hydrogen-bond donors (Lipinski definition) is 0. The van der Waals surface area contributed by atoms with Gasteiger partial charge in [0.2, 0.25) is 11.6 Å². The minimum atomic E-state index is -1.19. The second-order valence-corrected chi connectivity index (χ2v) is 10.6. The summed E-state index contributed by atoms with van der Waals surface area (Å²) in [6.07, 6.45) is 2.03. The molecule has 9 nitrogen and oxygen atoms in total. The summed E-state index contributed by atoms with van der Waals surface area (Å²) in [5, 5.41) is 9.41. The number of carbonyl (C=O) groups is 1. The van der Waals surface area contributed by atoms with Crippen molar-refractivity contribution in [2.45, 2.75) is 17.7 Å².